The van der Waals surface area contributed by atoms with Crippen molar-refractivity contribution in [2.75, 3.05) is 39.3 Å². The maximum Gasteiger partial charge on any atom is 0.234 e. The highest BCUT2D eigenvalue weighted by atomic mass is 16.3. The van der Waals surface area contributed by atoms with E-state index in [1.54, 1.807) is 0 Å². The van der Waals surface area contributed by atoms with E-state index in [0.717, 1.165) is 30.5 Å². The summed E-state index contributed by atoms with van der Waals surface area (Å²) < 4.78 is 0. The van der Waals surface area contributed by atoms with Crippen molar-refractivity contribution in [2.45, 2.75) is 44.2 Å². The zero-order valence-electron chi connectivity index (χ0n) is 19.5. The number of carbonyl (C=O) groups excluding carboxylic acids is 2. The molecular formula is C27H35N3O3. The number of hydrogen-bond acceptors (Lipinski definition) is 4. The maximum absolute atomic E-state index is 14.1. The average molecular weight is 450 g/mol. The number of piperidine rings is 1. The monoisotopic (exact) mass is 449 g/mol. The first-order valence-corrected chi connectivity index (χ1v) is 12.2. The van der Waals surface area contributed by atoms with Crippen molar-refractivity contribution < 1.29 is 14.7 Å². The smallest absolute Gasteiger partial charge is 0.234 e. The van der Waals surface area contributed by atoms with Gasteiger partial charge in [-0.2, -0.15) is 0 Å². The molecule has 0 radical (unpaired) electrons. The molecule has 2 aliphatic rings. The van der Waals surface area contributed by atoms with E-state index < -0.39 is 0 Å². The Bertz CT molecular complexity index is 881. The highest BCUT2D eigenvalue weighted by Crippen LogP contribution is 2.29. The fourth-order valence-electron chi connectivity index (χ4n) is 5.18. The molecule has 33 heavy (non-hydrogen) atoms. The lowest BCUT2D eigenvalue weighted by Gasteiger charge is -2.45. The summed E-state index contributed by atoms with van der Waals surface area (Å²) in [7, 11) is 0. The van der Waals surface area contributed by atoms with E-state index in [0.29, 0.717) is 39.1 Å². The van der Waals surface area contributed by atoms with E-state index in [-0.39, 0.29) is 29.9 Å². The normalized spacial score (nSPS) is 21.9. The van der Waals surface area contributed by atoms with Gasteiger partial charge >= 0.3 is 0 Å². The molecule has 2 unspecified atom stereocenters. The molecule has 2 aromatic rings. The first-order valence-electron chi connectivity index (χ1n) is 12.2. The van der Waals surface area contributed by atoms with E-state index >= 15 is 0 Å². The third-order valence-electron chi connectivity index (χ3n) is 6.88. The molecule has 4 rings (SSSR count). The largest absolute Gasteiger partial charge is 0.392 e. The number of aliphatic hydroxyl groups is 1. The Balaban J connectivity index is 1.62. The highest BCUT2D eigenvalue weighted by molar-refractivity contribution is 5.88. The molecule has 2 aliphatic heterocycles. The molecule has 0 aromatic heterocycles. The molecule has 2 fully saturated rings. The van der Waals surface area contributed by atoms with Gasteiger partial charge in [0.2, 0.25) is 11.8 Å². The second-order valence-corrected chi connectivity index (χ2v) is 9.19. The van der Waals surface area contributed by atoms with Crippen molar-refractivity contribution in [2.24, 2.45) is 0 Å². The van der Waals surface area contributed by atoms with Gasteiger partial charge in [0.15, 0.2) is 0 Å². The summed E-state index contributed by atoms with van der Waals surface area (Å²) in [6, 6.07) is 19.8. The summed E-state index contributed by atoms with van der Waals surface area (Å²) in [4.78, 5) is 32.7. The first-order chi connectivity index (χ1) is 16.1. The molecule has 0 saturated carbocycles. The minimum atomic E-state index is -0.379. The minimum absolute atomic E-state index is 0.0820. The van der Waals surface area contributed by atoms with Gasteiger partial charge in [0.05, 0.1) is 18.1 Å². The predicted molar refractivity (Wildman–Crippen MR) is 129 cm³/mol. The Morgan fingerprint density at radius 1 is 0.939 bits per heavy atom. The summed E-state index contributed by atoms with van der Waals surface area (Å²) in [6.45, 7) is 5.74. The summed E-state index contributed by atoms with van der Waals surface area (Å²) in [5.41, 5.74) is 1.96. The Labute approximate surface area is 196 Å². The quantitative estimate of drug-likeness (QED) is 0.737. The summed E-state index contributed by atoms with van der Waals surface area (Å²) in [5.74, 6) is -0.165. The summed E-state index contributed by atoms with van der Waals surface area (Å²) in [6.07, 6.45) is 1.94. The van der Waals surface area contributed by atoms with Crippen LogP contribution in [0.25, 0.3) is 0 Å². The zero-order valence-corrected chi connectivity index (χ0v) is 19.5. The van der Waals surface area contributed by atoms with E-state index in [1.165, 1.54) is 0 Å². The van der Waals surface area contributed by atoms with Gasteiger partial charge in [0.25, 0.3) is 0 Å². The second kappa shape index (κ2) is 10.9. The van der Waals surface area contributed by atoms with Crippen molar-refractivity contribution in [1.29, 1.82) is 0 Å². The van der Waals surface area contributed by atoms with E-state index in [4.69, 9.17) is 0 Å². The third-order valence-corrected chi connectivity index (χ3v) is 6.88. The average Bonchev–Trinajstić information content (AvgIpc) is 2.85. The molecule has 0 spiro atoms. The highest BCUT2D eigenvalue weighted by Gasteiger charge is 2.37. The first kappa shape index (κ1) is 23.5. The number of rotatable bonds is 6. The van der Waals surface area contributed by atoms with Crippen molar-refractivity contribution in [3.8, 4) is 0 Å². The van der Waals surface area contributed by atoms with E-state index in [2.05, 4.69) is 4.90 Å². The summed E-state index contributed by atoms with van der Waals surface area (Å²) in [5, 5.41) is 10.2. The van der Waals surface area contributed by atoms with Gasteiger partial charge in [-0.1, -0.05) is 67.6 Å². The lowest BCUT2D eigenvalue weighted by atomic mass is 9.89. The van der Waals surface area contributed by atoms with Crippen LogP contribution in [0.4, 0.5) is 0 Å². The lowest BCUT2D eigenvalue weighted by molar-refractivity contribution is -0.144. The van der Waals surface area contributed by atoms with E-state index in [1.807, 2.05) is 77.4 Å². The van der Waals surface area contributed by atoms with Crippen LogP contribution in [-0.4, -0.2) is 83.0 Å². The summed E-state index contributed by atoms with van der Waals surface area (Å²) >= 11 is 0. The SMILES string of the molecule is CCC(=O)N1CCN(C(=O)C(c2ccccc2)c2ccccc2)C(CN2CCCC(O)C2)C1. The molecule has 2 atom stereocenters. The van der Waals surface area contributed by atoms with Crippen LogP contribution in [-0.2, 0) is 9.59 Å². The van der Waals surface area contributed by atoms with Crippen molar-refractivity contribution >= 4 is 11.8 Å². The number of hydrogen-bond donors (Lipinski definition) is 1. The van der Waals surface area contributed by atoms with Crippen LogP contribution in [0.1, 0.15) is 43.2 Å². The number of aliphatic hydroxyl groups excluding tert-OH is 1. The van der Waals surface area contributed by atoms with Crippen LogP contribution in [0.5, 0.6) is 0 Å². The van der Waals surface area contributed by atoms with Gasteiger partial charge in [-0.05, 0) is 30.5 Å². The van der Waals surface area contributed by atoms with Gasteiger partial charge in [-0.15, -0.1) is 0 Å². The fourth-order valence-corrected chi connectivity index (χ4v) is 5.18. The molecule has 2 heterocycles. The molecule has 2 amide bonds. The van der Waals surface area contributed by atoms with Gasteiger partial charge in [0.1, 0.15) is 0 Å². The Hall–Kier alpha value is -2.70. The van der Waals surface area contributed by atoms with Crippen LogP contribution in [0, 0.1) is 0 Å². The van der Waals surface area contributed by atoms with Crippen molar-refractivity contribution in [3.63, 3.8) is 0 Å². The Kier molecular flexibility index (Phi) is 7.78. The molecule has 0 aliphatic carbocycles. The fraction of sp³-hybridized carbons (Fsp3) is 0.481. The van der Waals surface area contributed by atoms with Gasteiger partial charge in [0, 0.05) is 39.1 Å². The number of piperazine rings is 1. The molecule has 2 aromatic carbocycles. The van der Waals surface area contributed by atoms with Gasteiger partial charge in [-0.25, -0.2) is 0 Å². The molecule has 176 valence electrons. The number of β-amino-alcohol motifs (C(OH)–C–C–N with tert-alkyl or cyclic N) is 1. The van der Waals surface area contributed by atoms with Crippen LogP contribution in [0.3, 0.4) is 0 Å². The van der Waals surface area contributed by atoms with Crippen LogP contribution in [0.2, 0.25) is 0 Å². The number of benzene rings is 2. The Morgan fingerprint density at radius 3 is 2.15 bits per heavy atom. The minimum Gasteiger partial charge on any atom is -0.392 e. The van der Waals surface area contributed by atoms with Gasteiger partial charge < -0.3 is 14.9 Å². The molecule has 6 heteroatoms. The van der Waals surface area contributed by atoms with Gasteiger partial charge in [-0.3, -0.25) is 14.5 Å². The van der Waals surface area contributed by atoms with Crippen LogP contribution >= 0.6 is 0 Å². The second-order valence-electron chi connectivity index (χ2n) is 9.19. The molecule has 6 nitrogen and oxygen atoms in total. The predicted octanol–water partition coefficient (Wildman–Crippen LogP) is 2.72. The van der Waals surface area contributed by atoms with Crippen LogP contribution < -0.4 is 0 Å². The molecular weight excluding hydrogens is 414 g/mol. The van der Waals surface area contributed by atoms with Crippen molar-refractivity contribution in [3.05, 3.63) is 71.8 Å². The van der Waals surface area contributed by atoms with Crippen molar-refractivity contribution in [1.82, 2.24) is 14.7 Å². The topological polar surface area (TPSA) is 64.1 Å². The van der Waals surface area contributed by atoms with Crippen LogP contribution in [0.15, 0.2) is 60.7 Å². The molecule has 1 N–H and O–H groups in total. The number of carbonyl (C=O) groups is 2. The third kappa shape index (κ3) is 5.63. The van der Waals surface area contributed by atoms with E-state index in [9.17, 15) is 14.7 Å². The maximum atomic E-state index is 14.1. The zero-order chi connectivity index (χ0) is 23.2. The number of nitrogens with zero attached hydrogens (tertiary/aromatic N) is 3. The molecule has 2 saturated heterocycles. The number of likely N-dealkylation sites (tertiary alicyclic amines) is 1. The lowest BCUT2D eigenvalue weighted by Crippen LogP contribution is -2.61. The standard InChI is InChI=1S/C27H35N3O3/c1-2-25(32)29-16-17-30(23(19-29)18-28-15-9-14-24(31)20-28)27(33)26(21-10-5-3-6-11-21)22-12-7-4-8-13-22/h3-8,10-13,23-24,26,31H,2,9,14-20H2,1H3. The Morgan fingerprint density at radius 2 is 1.58 bits per heavy atom. The number of amides is 2. The molecule has 0 bridgehead atoms.